The average Bonchev–Trinajstić information content (AvgIpc) is 2.47. The number of hydrogen-bond donors (Lipinski definition) is 2. The van der Waals surface area contributed by atoms with E-state index in [1.54, 1.807) is 12.1 Å². The van der Waals surface area contributed by atoms with Gasteiger partial charge in [0.15, 0.2) is 0 Å². The Morgan fingerprint density at radius 3 is 3.00 bits per heavy atom. The molecule has 13 heavy (non-hydrogen) atoms. The molecule has 0 heterocycles. The summed E-state index contributed by atoms with van der Waals surface area (Å²) in [7, 11) is 0. The molecule has 0 unspecified atom stereocenters. The fraction of sp³-hybridized carbons (Fsp3) is 0.400. The molecule has 1 aliphatic rings. The van der Waals surface area contributed by atoms with Crippen LogP contribution in [0.15, 0.2) is 18.2 Å². The lowest BCUT2D eigenvalue weighted by atomic mass is 9.96. The predicted molar refractivity (Wildman–Crippen MR) is 47.7 cm³/mol. The van der Waals surface area contributed by atoms with Gasteiger partial charge >= 0.3 is 0 Å². The molecular formula is C10H12FNO. The Morgan fingerprint density at radius 1 is 1.54 bits per heavy atom. The maximum absolute atomic E-state index is 13.2. The lowest BCUT2D eigenvalue weighted by Crippen LogP contribution is -2.32. The SMILES string of the molecule is NC[C@@]1(O)CCc2c(F)cccc21. The van der Waals surface area contributed by atoms with E-state index in [0.717, 1.165) is 0 Å². The zero-order valence-corrected chi connectivity index (χ0v) is 7.26. The van der Waals surface area contributed by atoms with Crippen LogP contribution in [0.4, 0.5) is 4.39 Å². The first-order chi connectivity index (χ1) is 6.17. The largest absolute Gasteiger partial charge is 0.384 e. The van der Waals surface area contributed by atoms with Gasteiger partial charge in [0, 0.05) is 6.54 Å². The molecule has 0 spiro atoms. The van der Waals surface area contributed by atoms with Crippen LogP contribution in [-0.2, 0) is 12.0 Å². The van der Waals surface area contributed by atoms with Crippen molar-refractivity contribution in [2.24, 2.45) is 5.73 Å². The first-order valence-corrected chi connectivity index (χ1v) is 4.38. The smallest absolute Gasteiger partial charge is 0.126 e. The van der Waals surface area contributed by atoms with Crippen molar-refractivity contribution in [2.75, 3.05) is 6.54 Å². The van der Waals surface area contributed by atoms with E-state index >= 15 is 0 Å². The number of fused-ring (bicyclic) bond motifs is 1. The van der Waals surface area contributed by atoms with E-state index in [-0.39, 0.29) is 12.4 Å². The molecule has 1 aromatic rings. The Kier molecular flexibility index (Phi) is 1.86. The number of hydrogen-bond acceptors (Lipinski definition) is 2. The van der Waals surface area contributed by atoms with E-state index in [4.69, 9.17) is 5.73 Å². The van der Waals surface area contributed by atoms with Crippen LogP contribution in [0.1, 0.15) is 17.5 Å². The molecule has 0 aliphatic heterocycles. The van der Waals surface area contributed by atoms with Crippen molar-refractivity contribution in [3.8, 4) is 0 Å². The van der Waals surface area contributed by atoms with Crippen LogP contribution in [0.5, 0.6) is 0 Å². The van der Waals surface area contributed by atoms with Crippen molar-refractivity contribution >= 4 is 0 Å². The maximum atomic E-state index is 13.2. The Bertz CT molecular complexity index is 340. The maximum Gasteiger partial charge on any atom is 0.126 e. The van der Waals surface area contributed by atoms with Crippen molar-refractivity contribution in [2.45, 2.75) is 18.4 Å². The monoisotopic (exact) mass is 181 g/mol. The Balaban J connectivity index is 2.55. The normalized spacial score (nSPS) is 26.1. The van der Waals surface area contributed by atoms with E-state index in [2.05, 4.69) is 0 Å². The molecule has 70 valence electrons. The van der Waals surface area contributed by atoms with Crippen molar-refractivity contribution in [3.05, 3.63) is 35.1 Å². The predicted octanol–water partition coefficient (Wildman–Crippen LogP) is 0.918. The molecule has 0 bridgehead atoms. The summed E-state index contributed by atoms with van der Waals surface area (Å²) in [5.41, 5.74) is 5.74. The Labute approximate surface area is 76.2 Å². The molecule has 3 N–H and O–H groups in total. The van der Waals surface area contributed by atoms with E-state index < -0.39 is 5.60 Å². The van der Waals surface area contributed by atoms with Crippen LogP contribution < -0.4 is 5.73 Å². The van der Waals surface area contributed by atoms with Crippen LogP contribution >= 0.6 is 0 Å². The molecule has 0 amide bonds. The van der Waals surface area contributed by atoms with E-state index in [9.17, 15) is 9.50 Å². The van der Waals surface area contributed by atoms with Gasteiger partial charge in [-0.1, -0.05) is 12.1 Å². The second-order valence-corrected chi connectivity index (χ2v) is 3.50. The molecule has 1 aromatic carbocycles. The first-order valence-electron chi connectivity index (χ1n) is 4.38. The van der Waals surface area contributed by atoms with Crippen LogP contribution in [0.3, 0.4) is 0 Å². The lowest BCUT2D eigenvalue weighted by molar-refractivity contribution is 0.0481. The minimum Gasteiger partial charge on any atom is -0.384 e. The number of benzene rings is 1. The minimum atomic E-state index is -1.00. The zero-order chi connectivity index (χ0) is 9.47. The fourth-order valence-corrected chi connectivity index (χ4v) is 1.93. The van der Waals surface area contributed by atoms with Crippen molar-refractivity contribution in [1.82, 2.24) is 0 Å². The summed E-state index contributed by atoms with van der Waals surface area (Å²) in [5.74, 6) is -0.234. The highest BCUT2D eigenvalue weighted by Crippen LogP contribution is 2.36. The van der Waals surface area contributed by atoms with Gasteiger partial charge < -0.3 is 10.8 Å². The van der Waals surface area contributed by atoms with Crippen molar-refractivity contribution < 1.29 is 9.50 Å². The van der Waals surface area contributed by atoms with Gasteiger partial charge in [0.05, 0.1) is 0 Å². The van der Waals surface area contributed by atoms with E-state index in [0.29, 0.717) is 24.0 Å². The molecule has 0 radical (unpaired) electrons. The number of rotatable bonds is 1. The molecule has 0 saturated carbocycles. The second kappa shape index (κ2) is 2.79. The zero-order valence-electron chi connectivity index (χ0n) is 7.26. The molecule has 0 aromatic heterocycles. The van der Waals surface area contributed by atoms with Gasteiger partial charge in [-0.05, 0) is 30.0 Å². The molecule has 2 nitrogen and oxygen atoms in total. The number of aliphatic hydroxyl groups is 1. The number of nitrogens with two attached hydrogens (primary N) is 1. The Hall–Kier alpha value is -0.930. The molecule has 0 saturated heterocycles. The van der Waals surface area contributed by atoms with Gasteiger partial charge in [0.2, 0.25) is 0 Å². The topological polar surface area (TPSA) is 46.2 Å². The third kappa shape index (κ3) is 1.16. The van der Waals surface area contributed by atoms with Crippen LogP contribution in [0.2, 0.25) is 0 Å². The molecule has 1 atom stereocenters. The van der Waals surface area contributed by atoms with E-state index in [1.807, 2.05) is 0 Å². The third-order valence-corrected chi connectivity index (χ3v) is 2.75. The number of halogens is 1. The average molecular weight is 181 g/mol. The molecule has 2 rings (SSSR count). The van der Waals surface area contributed by atoms with Crippen molar-refractivity contribution in [1.29, 1.82) is 0 Å². The molecule has 1 aliphatic carbocycles. The second-order valence-electron chi connectivity index (χ2n) is 3.50. The molecular weight excluding hydrogens is 169 g/mol. The van der Waals surface area contributed by atoms with Gasteiger partial charge in [0.1, 0.15) is 11.4 Å². The fourth-order valence-electron chi connectivity index (χ4n) is 1.93. The summed E-state index contributed by atoms with van der Waals surface area (Å²) in [6.07, 6.45) is 1.11. The minimum absolute atomic E-state index is 0.156. The van der Waals surface area contributed by atoms with Crippen molar-refractivity contribution in [3.63, 3.8) is 0 Å². The summed E-state index contributed by atoms with van der Waals surface area (Å²) < 4.78 is 13.2. The first kappa shape index (κ1) is 8.66. The van der Waals surface area contributed by atoms with Gasteiger partial charge in [0.25, 0.3) is 0 Å². The van der Waals surface area contributed by atoms with Gasteiger partial charge in [-0.2, -0.15) is 0 Å². The highest BCUT2D eigenvalue weighted by molar-refractivity contribution is 5.38. The van der Waals surface area contributed by atoms with Crippen LogP contribution in [0.25, 0.3) is 0 Å². The van der Waals surface area contributed by atoms with Crippen LogP contribution in [0, 0.1) is 5.82 Å². The van der Waals surface area contributed by atoms with Gasteiger partial charge in [-0.15, -0.1) is 0 Å². The van der Waals surface area contributed by atoms with Gasteiger partial charge in [-0.3, -0.25) is 0 Å². The molecule has 0 fully saturated rings. The lowest BCUT2D eigenvalue weighted by Gasteiger charge is -2.21. The highest BCUT2D eigenvalue weighted by atomic mass is 19.1. The summed E-state index contributed by atoms with van der Waals surface area (Å²) in [6, 6.07) is 4.78. The Morgan fingerprint density at radius 2 is 2.31 bits per heavy atom. The van der Waals surface area contributed by atoms with E-state index in [1.165, 1.54) is 6.07 Å². The summed E-state index contributed by atoms with van der Waals surface area (Å²) >= 11 is 0. The summed E-state index contributed by atoms with van der Waals surface area (Å²) in [5, 5.41) is 9.98. The summed E-state index contributed by atoms with van der Waals surface area (Å²) in [4.78, 5) is 0. The quantitative estimate of drug-likeness (QED) is 0.676. The third-order valence-electron chi connectivity index (χ3n) is 2.75. The van der Waals surface area contributed by atoms with Crippen LogP contribution in [-0.4, -0.2) is 11.7 Å². The van der Waals surface area contributed by atoms with Gasteiger partial charge in [-0.25, -0.2) is 4.39 Å². The standard InChI is InChI=1S/C10H12FNO/c11-9-3-1-2-8-7(9)4-5-10(8,13)6-12/h1-3,13H,4-6,12H2/t10-/m0/s1. The highest BCUT2D eigenvalue weighted by Gasteiger charge is 2.36. The molecule has 3 heteroatoms. The summed E-state index contributed by atoms with van der Waals surface area (Å²) in [6.45, 7) is 0.156.